The van der Waals surface area contributed by atoms with Gasteiger partial charge in [0.1, 0.15) is 5.75 Å². The molecule has 2 aromatic rings. The molecule has 2 amide bonds. The van der Waals surface area contributed by atoms with Gasteiger partial charge < -0.3 is 15.4 Å². The quantitative estimate of drug-likeness (QED) is 0.739. The highest BCUT2D eigenvalue weighted by Gasteiger charge is 2.19. The molecule has 0 saturated carbocycles. The number of rotatable bonds is 7. The minimum Gasteiger partial charge on any atom is -0.483 e. The van der Waals surface area contributed by atoms with Gasteiger partial charge in [-0.3, -0.25) is 9.59 Å². The van der Waals surface area contributed by atoms with Crippen molar-refractivity contribution in [2.75, 3.05) is 11.9 Å². The van der Waals surface area contributed by atoms with E-state index in [1.807, 2.05) is 38.1 Å². The maximum atomic E-state index is 12.3. The van der Waals surface area contributed by atoms with Crippen LogP contribution in [0.4, 0.5) is 5.69 Å². The Balaban J connectivity index is 1.99. The summed E-state index contributed by atoms with van der Waals surface area (Å²) in [5, 5.41) is 5.71. The fraction of sp³-hybridized carbons (Fsp3) is 0.391. The Hall–Kier alpha value is -2.82. The number of ether oxygens (including phenoxy) is 1. The number of hydrogen-bond donors (Lipinski definition) is 2. The molecule has 0 heterocycles. The van der Waals surface area contributed by atoms with Crippen molar-refractivity contribution in [3.63, 3.8) is 0 Å². The van der Waals surface area contributed by atoms with Crippen molar-refractivity contribution in [1.82, 2.24) is 5.32 Å². The molecule has 150 valence electrons. The van der Waals surface area contributed by atoms with Crippen LogP contribution in [-0.2, 0) is 10.2 Å². The first-order chi connectivity index (χ1) is 13.2. The first-order valence-corrected chi connectivity index (χ1v) is 9.63. The third-order valence-electron chi connectivity index (χ3n) is 4.45. The second kappa shape index (κ2) is 9.40. The minimum absolute atomic E-state index is 0.0790. The molecule has 0 radical (unpaired) electrons. The molecule has 28 heavy (non-hydrogen) atoms. The van der Waals surface area contributed by atoms with Crippen molar-refractivity contribution in [2.45, 2.75) is 52.5 Å². The topological polar surface area (TPSA) is 67.4 Å². The third kappa shape index (κ3) is 6.12. The number of benzene rings is 2. The Kier molecular flexibility index (Phi) is 7.21. The molecule has 1 atom stereocenters. The number of anilines is 1. The van der Waals surface area contributed by atoms with Crippen LogP contribution in [0.2, 0.25) is 0 Å². The van der Waals surface area contributed by atoms with Gasteiger partial charge in [0.05, 0.1) is 0 Å². The molecular weight excluding hydrogens is 352 g/mol. The van der Waals surface area contributed by atoms with Gasteiger partial charge in [0, 0.05) is 17.3 Å². The maximum absolute atomic E-state index is 12.3. The van der Waals surface area contributed by atoms with Gasteiger partial charge in [-0.05, 0) is 48.6 Å². The van der Waals surface area contributed by atoms with Gasteiger partial charge in [-0.25, -0.2) is 0 Å². The van der Waals surface area contributed by atoms with Crippen LogP contribution in [0, 0.1) is 0 Å². The molecular formula is C23H30N2O3. The summed E-state index contributed by atoms with van der Waals surface area (Å²) in [4.78, 5) is 24.6. The highest BCUT2D eigenvalue weighted by atomic mass is 16.5. The zero-order chi connectivity index (χ0) is 20.7. The van der Waals surface area contributed by atoms with Gasteiger partial charge in [-0.2, -0.15) is 0 Å². The molecule has 5 heteroatoms. The zero-order valence-electron chi connectivity index (χ0n) is 17.3. The zero-order valence-corrected chi connectivity index (χ0v) is 17.3. The van der Waals surface area contributed by atoms with Gasteiger partial charge in [-0.1, -0.05) is 52.0 Å². The molecule has 0 aliphatic carbocycles. The van der Waals surface area contributed by atoms with E-state index in [9.17, 15) is 9.59 Å². The van der Waals surface area contributed by atoms with Crippen LogP contribution in [0.1, 0.15) is 57.0 Å². The Morgan fingerprint density at radius 1 is 1.07 bits per heavy atom. The van der Waals surface area contributed by atoms with Gasteiger partial charge in [0.15, 0.2) is 6.61 Å². The van der Waals surface area contributed by atoms with E-state index in [1.165, 1.54) is 0 Å². The van der Waals surface area contributed by atoms with Crippen LogP contribution >= 0.6 is 0 Å². The van der Waals surface area contributed by atoms with Crippen molar-refractivity contribution in [1.29, 1.82) is 0 Å². The second-order valence-corrected chi connectivity index (χ2v) is 7.95. The first-order valence-electron chi connectivity index (χ1n) is 9.63. The average molecular weight is 383 g/mol. The lowest BCUT2D eigenvalue weighted by Crippen LogP contribution is -2.32. The SMILES string of the molecule is CCC(C)NC(=O)c1cccc(NC(=O)COc2ccccc2C(C)(C)C)c1. The van der Waals surface area contributed by atoms with Crippen LogP contribution in [-0.4, -0.2) is 24.5 Å². The van der Waals surface area contributed by atoms with Crippen LogP contribution in [0.25, 0.3) is 0 Å². The number of hydrogen-bond acceptors (Lipinski definition) is 3. The summed E-state index contributed by atoms with van der Waals surface area (Å²) in [5.41, 5.74) is 2.04. The largest absolute Gasteiger partial charge is 0.483 e. The van der Waals surface area contributed by atoms with Crippen LogP contribution < -0.4 is 15.4 Å². The van der Waals surface area contributed by atoms with Gasteiger partial charge in [0.25, 0.3) is 11.8 Å². The smallest absolute Gasteiger partial charge is 0.262 e. The highest BCUT2D eigenvalue weighted by molar-refractivity contribution is 5.97. The number of para-hydroxylation sites is 1. The normalized spacial score (nSPS) is 12.2. The number of carbonyl (C=O) groups is 2. The minimum atomic E-state index is -0.275. The Labute approximate surface area is 167 Å². The lowest BCUT2D eigenvalue weighted by molar-refractivity contribution is -0.118. The van der Waals surface area contributed by atoms with Crippen molar-refractivity contribution >= 4 is 17.5 Å². The molecule has 0 aliphatic rings. The van der Waals surface area contributed by atoms with Gasteiger partial charge in [0.2, 0.25) is 0 Å². The standard InChI is InChI=1S/C23H30N2O3/c1-6-16(2)24-22(27)17-10-9-11-18(14-17)25-21(26)15-28-20-13-8-7-12-19(20)23(3,4)5/h7-14,16H,6,15H2,1-5H3,(H,24,27)(H,25,26). The van der Waals surface area contributed by atoms with Crippen LogP contribution in [0.5, 0.6) is 5.75 Å². The monoisotopic (exact) mass is 382 g/mol. The summed E-state index contributed by atoms with van der Waals surface area (Å²) in [6.07, 6.45) is 0.857. The van der Waals surface area contributed by atoms with Gasteiger partial charge in [-0.15, -0.1) is 0 Å². The number of amides is 2. The molecule has 0 spiro atoms. The van der Waals surface area contributed by atoms with Gasteiger partial charge >= 0.3 is 0 Å². The summed E-state index contributed by atoms with van der Waals surface area (Å²) >= 11 is 0. The number of carbonyl (C=O) groups excluding carboxylic acids is 2. The van der Waals surface area contributed by atoms with E-state index in [-0.39, 0.29) is 29.9 Å². The molecule has 0 aliphatic heterocycles. The molecule has 2 rings (SSSR count). The van der Waals surface area contributed by atoms with E-state index < -0.39 is 0 Å². The molecule has 2 N–H and O–H groups in total. The van der Waals surface area contributed by atoms with Crippen molar-refractivity contribution in [3.8, 4) is 5.75 Å². The maximum Gasteiger partial charge on any atom is 0.262 e. The molecule has 0 fully saturated rings. The molecule has 2 aromatic carbocycles. The van der Waals surface area contributed by atoms with E-state index in [0.717, 1.165) is 12.0 Å². The first kappa shape index (κ1) is 21.5. The van der Waals surface area contributed by atoms with Crippen molar-refractivity contribution in [2.24, 2.45) is 0 Å². The lowest BCUT2D eigenvalue weighted by atomic mass is 9.86. The summed E-state index contributed by atoms with van der Waals surface area (Å²) in [6.45, 7) is 10.2. The highest BCUT2D eigenvalue weighted by Crippen LogP contribution is 2.30. The molecule has 0 bridgehead atoms. The average Bonchev–Trinajstić information content (AvgIpc) is 2.66. The summed E-state index contributed by atoms with van der Waals surface area (Å²) in [5.74, 6) is 0.274. The van der Waals surface area contributed by atoms with E-state index in [1.54, 1.807) is 24.3 Å². The van der Waals surface area contributed by atoms with Crippen LogP contribution in [0.3, 0.4) is 0 Å². The molecule has 0 saturated heterocycles. The van der Waals surface area contributed by atoms with E-state index in [4.69, 9.17) is 4.74 Å². The molecule has 0 aromatic heterocycles. The van der Waals surface area contributed by atoms with Crippen molar-refractivity contribution in [3.05, 3.63) is 59.7 Å². The van der Waals surface area contributed by atoms with Crippen molar-refractivity contribution < 1.29 is 14.3 Å². The fourth-order valence-corrected chi connectivity index (χ4v) is 2.70. The summed E-state index contributed by atoms with van der Waals surface area (Å²) in [7, 11) is 0. The number of nitrogens with one attached hydrogen (secondary N) is 2. The molecule has 5 nitrogen and oxygen atoms in total. The van der Waals surface area contributed by atoms with E-state index >= 15 is 0 Å². The predicted octanol–water partition coefficient (Wildman–Crippen LogP) is 4.53. The fourth-order valence-electron chi connectivity index (χ4n) is 2.70. The lowest BCUT2D eigenvalue weighted by Gasteiger charge is -2.22. The summed E-state index contributed by atoms with van der Waals surface area (Å²) < 4.78 is 5.75. The second-order valence-electron chi connectivity index (χ2n) is 7.95. The summed E-state index contributed by atoms with van der Waals surface area (Å²) in [6, 6.07) is 14.7. The predicted molar refractivity (Wildman–Crippen MR) is 113 cm³/mol. The van der Waals surface area contributed by atoms with E-state index in [2.05, 4.69) is 31.4 Å². The Morgan fingerprint density at radius 3 is 2.46 bits per heavy atom. The van der Waals surface area contributed by atoms with E-state index in [0.29, 0.717) is 17.0 Å². The Bertz CT molecular complexity index is 825. The van der Waals surface area contributed by atoms with Crippen LogP contribution in [0.15, 0.2) is 48.5 Å². The third-order valence-corrected chi connectivity index (χ3v) is 4.45. The Morgan fingerprint density at radius 2 is 1.79 bits per heavy atom. The molecule has 1 unspecified atom stereocenters.